The van der Waals surface area contributed by atoms with Crippen molar-refractivity contribution in [2.75, 3.05) is 0 Å². The van der Waals surface area contributed by atoms with Crippen LogP contribution in [0.1, 0.15) is 113 Å². The third kappa shape index (κ3) is 5.68. The highest BCUT2D eigenvalue weighted by Crippen LogP contribution is 2.64. The lowest BCUT2D eigenvalue weighted by Gasteiger charge is -2.28. The van der Waals surface area contributed by atoms with Gasteiger partial charge in [-0.25, -0.2) is 0 Å². The Morgan fingerprint density at radius 2 is 0.750 bits per heavy atom. The number of hydrogen-bond acceptors (Lipinski definition) is 18. The number of hydrogen-bond donors (Lipinski definition) is 0. The van der Waals surface area contributed by atoms with Gasteiger partial charge in [0.2, 0.25) is 0 Å². The van der Waals surface area contributed by atoms with Crippen molar-refractivity contribution in [1.29, 1.82) is 0 Å². The molecule has 0 saturated carbocycles. The first-order chi connectivity index (χ1) is 35.3. The summed E-state index contributed by atoms with van der Waals surface area (Å²) >= 11 is 15.0. The smallest absolute Gasteiger partial charge is 0.132 e. The number of rotatable bonds is 11. The Labute approximate surface area is 451 Å². The Balaban J connectivity index is 0.793. The second-order valence-electron chi connectivity index (χ2n) is 19.1. The third-order valence-electron chi connectivity index (χ3n) is 16.7. The van der Waals surface area contributed by atoms with E-state index in [0.717, 1.165) is 109 Å². The number of pyridine rings is 3. The normalized spacial score (nSPS) is 15.5. The summed E-state index contributed by atoms with van der Waals surface area (Å²) in [5.41, 5.74) is 18.9. The van der Waals surface area contributed by atoms with Gasteiger partial charge < -0.3 is 0 Å². The molecule has 0 N–H and O–H groups in total. The Kier molecular flexibility index (Phi) is 9.94. The highest BCUT2D eigenvalue weighted by atomic mass is 32.1. The van der Waals surface area contributed by atoms with Gasteiger partial charge in [-0.05, 0) is 114 Å². The molecule has 0 radical (unpaired) electrons. The summed E-state index contributed by atoms with van der Waals surface area (Å²) in [6.45, 7) is 14.0. The van der Waals surface area contributed by atoms with E-state index in [1.54, 1.807) is 6.20 Å². The van der Waals surface area contributed by atoms with Crippen LogP contribution in [-0.4, -0.2) is 41.2 Å². The monoisotopic (exact) mass is 1100 g/mol. The summed E-state index contributed by atoms with van der Waals surface area (Å²) in [6.07, 6.45) is 14.1. The van der Waals surface area contributed by atoms with Crippen molar-refractivity contribution in [2.45, 2.75) is 96.3 Å². The van der Waals surface area contributed by atoms with Crippen LogP contribution in [0, 0.1) is 0 Å². The molecule has 9 nitrogen and oxygen atoms in total. The lowest BCUT2D eigenvalue weighted by Crippen LogP contribution is -2.22. The quantitative estimate of drug-likeness (QED) is 0.125. The predicted octanol–water partition coefficient (Wildman–Crippen LogP) is 17.8. The van der Waals surface area contributed by atoms with Crippen LogP contribution in [-0.2, 0) is 16.2 Å². The van der Waals surface area contributed by atoms with Crippen LogP contribution in [0.2, 0.25) is 0 Å². The summed E-state index contributed by atoms with van der Waals surface area (Å²) in [7, 11) is 0. The Bertz CT molecular complexity index is 4190. The highest BCUT2D eigenvalue weighted by molar-refractivity contribution is 7.27. The molecule has 0 aliphatic heterocycles. The van der Waals surface area contributed by atoms with Crippen LogP contribution in [0.4, 0.5) is 0 Å². The van der Waals surface area contributed by atoms with Gasteiger partial charge in [-0.3, -0.25) is 15.0 Å². The van der Waals surface area contributed by atoms with Crippen molar-refractivity contribution in [1.82, 2.24) is 41.2 Å². The van der Waals surface area contributed by atoms with Gasteiger partial charge in [0, 0.05) is 95.4 Å². The summed E-state index contributed by atoms with van der Waals surface area (Å²) in [5.74, 6) is 0. The Morgan fingerprint density at radius 3 is 1.22 bits per heavy atom. The molecule has 3 aliphatic carbocycles. The van der Waals surface area contributed by atoms with Crippen molar-refractivity contribution < 1.29 is 0 Å². The van der Waals surface area contributed by atoms with Crippen LogP contribution in [0.25, 0.3) is 115 Å². The molecular formula is C54H41N9S9. The number of aromatic nitrogens is 9. The molecule has 3 aliphatic rings. The van der Waals surface area contributed by atoms with Gasteiger partial charge in [-0.2, -0.15) is 26.2 Å². The van der Waals surface area contributed by atoms with Crippen LogP contribution in [0.5, 0.6) is 0 Å². The minimum atomic E-state index is -0.118. The molecule has 0 unspecified atom stereocenters. The number of fused-ring (bicyclic) bond motifs is 12. The van der Waals surface area contributed by atoms with Crippen LogP contribution >= 0.6 is 103 Å². The molecule has 12 aromatic heterocycles. The van der Waals surface area contributed by atoms with Crippen molar-refractivity contribution in [2.24, 2.45) is 0 Å². The van der Waals surface area contributed by atoms with Crippen LogP contribution in [0.15, 0.2) is 66.6 Å². The largest absolute Gasteiger partial charge is 0.262 e. The van der Waals surface area contributed by atoms with E-state index in [1.165, 1.54) is 112 Å². The molecule has 12 aromatic rings. The van der Waals surface area contributed by atoms with E-state index in [9.17, 15) is 0 Å². The zero-order chi connectivity index (χ0) is 48.4. The number of thiophene rings is 6. The van der Waals surface area contributed by atoms with Gasteiger partial charge in [0.15, 0.2) is 0 Å². The van der Waals surface area contributed by atoms with Crippen molar-refractivity contribution in [3.05, 3.63) is 99.9 Å². The second kappa shape index (κ2) is 16.1. The van der Waals surface area contributed by atoms with Crippen molar-refractivity contribution >= 4 is 136 Å². The summed E-state index contributed by atoms with van der Waals surface area (Å²) < 4.78 is 29.0. The highest BCUT2D eigenvalue weighted by Gasteiger charge is 2.47. The fraction of sp³-hybridized carbons (Fsp3) is 0.278. The van der Waals surface area contributed by atoms with Crippen molar-refractivity contribution in [3.8, 4) is 81.7 Å². The van der Waals surface area contributed by atoms with E-state index in [1.807, 2.05) is 74.2 Å². The second-order valence-corrected chi connectivity index (χ2v) is 26.8. The van der Waals surface area contributed by atoms with E-state index in [2.05, 4.69) is 109 Å². The van der Waals surface area contributed by atoms with E-state index in [-0.39, 0.29) is 16.2 Å². The van der Waals surface area contributed by atoms with Crippen molar-refractivity contribution in [3.63, 3.8) is 0 Å². The van der Waals surface area contributed by atoms with Gasteiger partial charge in [-0.15, -0.1) is 68.0 Å². The lowest BCUT2D eigenvalue weighted by molar-refractivity contribution is 0.492. The molecule has 15 rings (SSSR count). The fourth-order valence-electron chi connectivity index (χ4n) is 12.7. The minimum Gasteiger partial charge on any atom is -0.262 e. The first-order valence-corrected chi connectivity index (χ1v) is 31.6. The number of nitrogens with zero attached hydrogens (tertiary/aromatic N) is 9. The van der Waals surface area contributed by atoms with E-state index >= 15 is 0 Å². The SMILES string of the molecule is CCC1(CC)c2ccsc2-c2sc(-c3cnc(-c4cc5c(s4)-c4sc(-c6cnc(-c7cc8c(s7)-c7sc(-c9cncc%10nsnc9%10)cc7C8(CC)CC)c7nsnc67)cc4C5(CC)CC)c4nsnc34)cc21. The maximum absolute atomic E-state index is 5.30. The molecule has 356 valence electrons. The first kappa shape index (κ1) is 44.6. The molecule has 0 atom stereocenters. The fourth-order valence-corrected chi connectivity index (χ4v) is 22.2. The molecule has 0 fully saturated rings. The molecule has 0 saturated heterocycles. The summed E-state index contributed by atoms with van der Waals surface area (Å²) in [4.78, 5) is 29.2. The zero-order valence-electron chi connectivity index (χ0n) is 39.8. The minimum absolute atomic E-state index is 0.0673. The van der Waals surface area contributed by atoms with Gasteiger partial charge >= 0.3 is 0 Å². The van der Waals surface area contributed by atoms with Gasteiger partial charge in [0.1, 0.15) is 44.5 Å². The van der Waals surface area contributed by atoms with E-state index in [4.69, 9.17) is 27.5 Å². The molecule has 18 heteroatoms. The average molecular weight is 1100 g/mol. The molecule has 0 spiro atoms. The summed E-state index contributed by atoms with van der Waals surface area (Å²) in [6, 6.07) is 14.5. The lowest BCUT2D eigenvalue weighted by atomic mass is 9.74. The van der Waals surface area contributed by atoms with E-state index < -0.39 is 0 Å². The molecule has 12 heterocycles. The van der Waals surface area contributed by atoms with Gasteiger partial charge in [0.05, 0.1) is 51.1 Å². The predicted molar refractivity (Wildman–Crippen MR) is 308 cm³/mol. The molecule has 0 aromatic carbocycles. The maximum Gasteiger partial charge on any atom is 0.132 e. The van der Waals surface area contributed by atoms with Gasteiger partial charge in [0.25, 0.3) is 0 Å². The van der Waals surface area contributed by atoms with Crippen LogP contribution in [0.3, 0.4) is 0 Å². The molecular weight excluding hydrogens is 1060 g/mol. The third-order valence-corrected chi connectivity index (χ3v) is 25.5. The Morgan fingerprint density at radius 1 is 0.375 bits per heavy atom. The van der Waals surface area contributed by atoms with Crippen LogP contribution < -0.4 is 0 Å². The maximum atomic E-state index is 5.30. The standard InChI is InChI=1S/C54H41N9S9/c1-7-52(8-2)27-13-14-64-46(27)47-28(52)15-35(65-47)25-21-56-42(44-40(25)60-71-62-44)38-19-32-51(69-38)49-30(54(32,11-5)12-6)17-36(67-49)26-22-57-43(45-41(26)61-72-63-45)37-18-31-50(68-37)48-29(53(31,9-3)10-4)16-34(66-48)24-20-55-23-33-39(24)59-70-58-33/h13-23H,7-12H2,1-6H3. The van der Waals surface area contributed by atoms with Gasteiger partial charge in [-0.1, -0.05) is 41.5 Å². The summed E-state index contributed by atoms with van der Waals surface area (Å²) in [5, 5.41) is 2.26. The molecule has 0 bridgehead atoms. The van der Waals surface area contributed by atoms with E-state index in [0.29, 0.717) is 0 Å². The first-order valence-electron chi connectivity index (χ1n) is 24.4. The zero-order valence-corrected chi connectivity index (χ0v) is 47.1. The topological polar surface area (TPSA) is 116 Å². The molecule has 72 heavy (non-hydrogen) atoms. The molecule has 0 amide bonds. The Hall–Kier alpha value is -4.89. The average Bonchev–Trinajstić information content (AvgIpc) is 4.23.